The number of halogens is 1. The molecule has 2 heterocycles. The summed E-state index contributed by atoms with van der Waals surface area (Å²) in [4.78, 5) is 15.4. The number of aryl methyl sites for hydroxylation is 1. The van der Waals surface area contributed by atoms with Crippen LogP contribution in [0.3, 0.4) is 0 Å². The van der Waals surface area contributed by atoms with Gasteiger partial charge in [0.05, 0.1) is 12.2 Å². The Balaban J connectivity index is 1.64. The number of hydrogen-bond acceptors (Lipinski definition) is 1. The van der Waals surface area contributed by atoms with E-state index in [-0.39, 0.29) is 17.9 Å². The van der Waals surface area contributed by atoms with E-state index in [9.17, 15) is 9.18 Å². The van der Waals surface area contributed by atoms with Gasteiger partial charge in [-0.25, -0.2) is 9.18 Å². The van der Waals surface area contributed by atoms with E-state index < -0.39 is 0 Å². The summed E-state index contributed by atoms with van der Waals surface area (Å²) in [6.45, 7) is 2.51. The summed E-state index contributed by atoms with van der Waals surface area (Å²) in [7, 11) is 0. The van der Waals surface area contributed by atoms with E-state index in [1.54, 1.807) is 12.1 Å². The standard InChI is InChI=1S/C26H22FN3O/c1-18-7-2-4-9-22(18)25-24-11-6-16-29(24)23-10-5-3-8-19(23)17-30(25)26(31)28-21-14-12-20(27)13-15-21/h2-16,25H,17H2,1H3,(H,28,31). The molecular formula is C26H22FN3O. The lowest BCUT2D eigenvalue weighted by molar-refractivity contribution is 0.194. The molecule has 0 fully saturated rings. The summed E-state index contributed by atoms with van der Waals surface area (Å²) >= 11 is 0. The predicted molar refractivity (Wildman–Crippen MR) is 120 cm³/mol. The van der Waals surface area contributed by atoms with Gasteiger partial charge < -0.3 is 14.8 Å². The average Bonchev–Trinajstić information content (AvgIpc) is 3.21. The minimum Gasteiger partial charge on any atom is -0.318 e. The molecule has 4 nitrogen and oxygen atoms in total. The highest BCUT2D eigenvalue weighted by atomic mass is 19.1. The van der Waals surface area contributed by atoms with Crippen LogP contribution in [0.5, 0.6) is 0 Å². The molecule has 2 amide bonds. The van der Waals surface area contributed by atoms with Crippen LogP contribution in [0, 0.1) is 12.7 Å². The third-order valence-corrected chi connectivity index (χ3v) is 5.80. The van der Waals surface area contributed by atoms with Crippen molar-refractivity contribution in [2.75, 3.05) is 5.32 Å². The normalized spacial score (nSPS) is 15.0. The number of hydrogen-bond donors (Lipinski definition) is 1. The molecule has 1 atom stereocenters. The molecule has 31 heavy (non-hydrogen) atoms. The number of carbonyl (C=O) groups is 1. The maximum atomic E-state index is 13.6. The largest absolute Gasteiger partial charge is 0.322 e. The van der Waals surface area contributed by atoms with Crippen LogP contribution < -0.4 is 5.32 Å². The van der Waals surface area contributed by atoms with Gasteiger partial charge in [-0.05, 0) is 66.1 Å². The van der Waals surface area contributed by atoms with E-state index in [4.69, 9.17) is 0 Å². The summed E-state index contributed by atoms with van der Waals surface area (Å²) < 4.78 is 15.5. The number of nitrogens with zero attached hydrogens (tertiary/aromatic N) is 2. The van der Waals surface area contributed by atoms with Crippen molar-refractivity contribution in [3.05, 3.63) is 119 Å². The van der Waals surface area contributed by atoms with Gasteiger partial charge in [0, 0.05) is 17.6 Å². The van der Waals surface area contributed by atoms with Gasteiger partial charge in [-0.2, -0.15) is 0 Å². The Bertz CT molecular complexity index is 1250. The minimum absolute atomic E-state index is 0.232. The van der Waals surface area contributed by atoms with E-state index in [0.717, 1.165) is 28.1 Å². The second kappa shape index (κ2) is 7.76. The number of rotatable bonds is 2. The fourth-order valence-electron chi connectivity index (χ4n) is 4.29. The van der Waals surface area contributed by atoms with Gasteiger partial charge in [0.1, 0.15) is 11.9 Å². The minimum atomic E-state index is -0.336. The lowest BCUT2D eigenvalue weighted by Crippen LogP contribution is -2.38. The Morgan fingerprint density at radius 3 is 2.48 bits per heavy atom. The maximum Gasteiger partial charge on any atom is 0.322 e. The number of fused-ring (bicyclic) bond motifs is 3. The van der Waals surface area contributed by atoms with Crippen LogP contribution in [0.1, 0.15) is 28.4 Å². The summed E-state index contributed by atoms with van der Waals surface area (Å²) in [5.41, 5.74) is 5.90. The Kier molecular flexibility index (Phi) is 4.79. The molecular weight excluding hydrogens is 389 g/mol. The van der Waals surface area contributed by atoms with Crippen LogP contribution in [0.15, 0.2) is 91.1 Å². The highest BCUT2D eigenvalue weighted by molar-refractivity contribution is 5.90. The molecule has 3 aromatic carbocycles. The fourth-order valence-corrected chi connectivity index (χ4v) is 4.29. The molecule has 0 radical (unpaired) electrons. The third kappa shape index (κ3) is 3.48. The van der Waals surface area contributed by atoms with Crippen molar-refractivity contribution in [2.45, 2.75) is 19.5 Å². The number of amides is 2. The van der Waals surface area contributed by atoms with Gasteiger partial charge >= 0.3 is 6.03 Å². The molecule has 1 N–H and O–H groups in total. The van der Waals surface area contributed by atoms with Crippen molar-refractivity contribution in [3.8, 4) is 5.69 Å². The average molecular weight is 411 g/mol. The molecule has 0 spiro atoms. The second-order valence-electron chi connectivity index (χ2n) is 7.76. The van der Waals surface area contributed by atoms with Gasteiger partial charge in [0.25, 0.3) is 0 Å². The number of carbonyl (C=O) groups excluding carboxylic acids is 1. The van der Waals surface area contributed by atoms with Crippen molar-refractivity contribution in [1.82, 2.24) is 9.47 Å². The number of nitrogens with one attached hydrogen (secondary N) is 1. The predicted octanol–water partition coefficient (Wildman–Crippen LogP) is 6.06. The van der Waals surface area contributed by atoms with Crippen LogP contribution in [0.25, 0.3) is 5.69 Å². The maximum absolute atomic E-state index is 13.6. The molecule has 1 unspecified atom stereocenters. The Morgan fingerprint density at radius 2 is 1.68 bits per heavy atom. The van der Waals surface area contributed by atoms with Crippen molar-refractivity contribution in [2.24, 2.45) is 0 Å². The number of para-hydroxylation sites is 1. The number of anilines is 1. The van der Waals surface area contributed by atoms with Crippen LogP contribution >= 0.6 is 0 Å². The van der Waals surface area contributed by atoms with Gasteiger partial charge in [-0.15, -0.1) is 0 Å². The number of aromatic nitrogens is 1. The van der Waals surface area contributed by atoms with Crippen LogP contribution in [0.2, 0.25) is 0 Å². The molecule has 5 heteroatoms. The third-order valence-electron chi connectivity index (χ3n) is 5.80. The molecule has 5 rings (SSSR count). The van der Waals surface area contributed by atoms with Crippen LogP contribution in [-0.2, 0) is 6.54 Å². The lowest BCUT2D eigenvalue weighted by atomic mass is 9.97. The van der Waals surface area contributed by atoms with E-state index in [1.807, 2.05) is 41.4 Å². The zero-order chi connectivity index (χ0) is 21.4. The molecule has 1 aliphatic rings. The molecule has 1 aliphatic heterocycles. The van der Waals surface area contributed by atoms with Crippen molar-refractivity contribution in [3.63, 3.8) is 0 Å². The van der Waals surface area contributed by atoms with E-state index in [1.165, 1.54) is 12.1 Å². The first-order chi connectivity index (χ1) is 15.1. The zero-order valence-corrected chi connectivity index (χ0v) is 17.1. The first-order valence-corrected chi connectivity index (χ1v) is 10.3. The number of urea groups is 1. The molecule has 4 aromatic rings. The lowest BCUT2D eigenvalue weighted by Gasteiger charge is -2.32. The molecule has 154 valence electrons. The summed E-state index contributed by atoms with van der Waals surface area (Å²) in [5, 5.41) is 2.95. The highest BCUT2D eigenvalue weighted by Crippen LogP contribution is 2.38. The fraction of sp³-hybridized carbons (Fsp3) is 0.115. The zero-order valence-electron chi connectivity index (χ0n) is 17.1. The molecule has 1 aromatic heterocycles. The van der Waals surface area contributed by atoms with E-state index in [2.05, 4.69) is 47.1 Å². The summed E-state index contributed by atoms with van der Waals surface area (Å²) in [5.74, 6) is -0.336. The highest BCUT2D eigenvalue weighted by Gasteiger charge is 2.33. The molecule has 0 saturated heterocycles. The topological polar surface area (TPSA) is 37.3 Å². The van der Waals surface area contributed by atoms with Gasteiger partial charge in [0.2, 0.25) is 0 Å². The SMILES string of the molecule is Cc1ccccc1C1c2cccn2-c2ccccc2CN1C(=O)Nc1ccc(F)cc1. The molecule has 0 bridgehead atoms. The van der Waals surface area contributed by atoms with Crippen molar-refractivity contribution in [1.29, 1.82) is 0 Å². The van der Waals surface area contributed by atoms with Crippen molar-refractivity contribution < 1.29 is 9.18 Å². The van der Waals surface area contributed by atoms with Crippen molar-refractivity contribution >= 4 is 11.7 Å². The van der Waals surface area contributed by atoms with Gasteiger partial charge in [-0.1, -0.05) is 42.5 Å². The second-order valence-corrected chi connectivity index (χ2v) is 7.76. The summed E-state index contributed by atoms with van der Waals surface area (Å²) in [6, 6.07) is 25.7. The Labute approximate surface area is 180 Å². The molecule has 0 aliphatic carbocycles. The van der Waals surface area contributed by atoms with Crippen LogP contribution in [0.4, 0.5) is 14.9 Å². The van der Waals surface area contributed by atoms with E-state index in [0.29, 0.717) is 12.2 Å². The van der Waals surface area contributed by atoms with Crippen LogP contribution in [-0.4, -0.2) is 15.5 Å². The summed E-state index contributed by atoms with van der Waals surface area (Å²) in [6.07, 6.45) is 2.04. The Morgan fingerprint density at radius 1 is 0.935 bits per heavy atom. The molecule has 0 saturated carbocycles. The number of benzene rings is 3. The quantitative estimate of drug-likeness (QED) is 0.428. The smallest absolute Gasteiger partial charge is 0.318 e. The Hall–Kier alpha value is -3.86. The van der Waals surface area contributed by atoms with E-state index >= 15 is 0 Å². The first kappa shape index (κ1) is 19.1. The van der Waals surface area contributed by atoms with Gasteiger partial charge in [-0.3, -0.25) is 0 Å². The monoisotopic (exact) mass is 411 g/mol. The first-order valence-electron chi connectivity index (χ1n) is 10.3. The van der Waals surface area contributed by atoms with Gasteiger partial charge in [0.15, 0.2) is 0 Å².